The van der Waals surface area contributed by atoms with Crippen LogP contribution in [-0.2, 0) is 0 Å². The molecule has 0 bridgehead atoms. The summed E-state index contributed by atoms with van der Waals surface area (Å²) in [6, 6.07) is 9.64. The molecule has 0 saturated heterocycles. The second-order valence-electron chi connectivity index (χ2n) is 2.86. The van der Waals surface area contributed by atoms with Crippen molar-refractivity contribution < 1.29 is 4.74 Å². The number of nitrogens with zero attached hydrogens (tertiary/aromatic N) is 1. The summed E-state index contributed by atoms with van der Waals surface area (Å²) in [5.74, 6) is 1.47. The number of rotatable bonds is 3. The predicted molar refractivity (Wildman–Crippen MR) is 82.3 cm³/mol. The lowest BCUT2D eigenvalue weighted by Crippen LogP contribution is -2.01. The van der Waals surface area contributed by atoms with Crippen LogP contribution in [0.5, 0.6) is 5.75 Å². The van der Waals surface area contributed by atoms with Gasteiger partial charge in [-0.05, 0) is 18.6 Å². The van der Waals surface area contributed by atoms with E-state index in [9.17, 15) is 0 Å². The number of hydrogen-bond donors (Lipinski definition) is 0. The number of ether oxygens (including phenoxy) is 1. The van der Waals surface area contributed by atoms with E-state index < -0.39 is 0 Å². The lowest BCUT2D eigenvalue weighted by Gasteiger charge is -2.02. The van der Waals surface area contributed by atoms with Crippen molar-refractivity contribution in [2.75, 3.05) is 0 Å². The maximum atomic E-state index is 5.46. The zero-order chi connectivity index (χ0) is 14.2. The van der Waals surface area contributed by atoms with E-state index in [1.54, 1.807) is 6.20 Å². The highest BCUT2D eigenvalue weighted by molar-refractivity contribution is 5.76. The van der Waals surface area contributed by atoms with E-state index in [2.05, 4.69) is 11.9 Å². The van der Waals surface area contributed by atoms with Crippen LogP contribution in [-0.4, -0.2) is 5.90 Å². The molecule has 18 heavy (non-hydrogen) atoms. The third kappa shape index (κ3) is 10.9. The average Bonchev–Trinajstić information content (AvgIpc) is 2.45. The standard InChI is InChI=1S/C12H15NO.2C2H6/c1-3-4-10-13-11(2)14-12-8-6-5-7-9-12;2*1-2/h4-10H,3H2,1-2H3;2*1-2H3/b10-4-,13-11?;;. The minimum atomic E-state index is 0.654. The van der Waals surface area contributed by atoms with Gasteiger partial charge in [-0.2, -0.15) is 0 Å². The Balaban J connectivity index is 0. The lowest BCUT2D eigenvalue weighted by molar-refractivity contribution is 0.547. The Kier molecular flexibility index (Phi) is 16.1. The van der Waals surface area contributed by atoms with E-state index in [0.29, 0.717) is 5.90 Å². The smallest absolute Gasteiger partial charge is 0.191 e. The van der Waals surface area contributed by atoms with Crippen LogP contribution in [0.2, 0.25) is 0 Å². The number of hydrogen-bond acceptors (Lipinski definition) is 2. The fraction of sp³-hybridized carbons (Fsp3) is 0.438. The second kappa shape index (κ2) is 15.4. The quantitative estimate of drug-likeness (QED) is 0.515. The van der Waals surface area contributed by atoms with Crippen LogP contribution in [0, 0.1) is 0 Å². The fourth-order valence-corrected chi connectivity index (χ4v) is 0.949. The topological polar surface area (TPSA) is 21.6 Å². The molecule has 0 N–H and O–H groups in total. The van der Waals surface area contributed by atoms with Gasteiger partial charge in [0.15, 0.2) is 5.90 Å². The van der Waals surface area contributed by atoms with Gasteiger partial charge in [0.05, 0.1) is 0 Å². The average molecular weight is 249 g/mol. The van der Waals surface area contributed by atoms with Gasteiger partial charge in [-0.3, -0.25) is 0 Å². The van der Waals surface area contributed by atoms with Gasteiger partial charge in [-0.1, -0.05) is 58.9 Å². The molecular weight excluding hydrogens is 222 g/mol. The summed E-state index contributed by atoms with van der Waals surface area (Å²) in [6.07, 6.45) is 4.73. The van der Waals surface area contributed by atoms with E-state index in [0.717, 1.165) is 12.2 Å². The molecular formula is C16H27NO. The summed E-state index contributed by atoms with van der Waals surface area (Å²) in [4.78, 5) is 4.12. The van der Waals surface area contributed by atoms with Gasteiger partial charge in [-0.15, -0.1) is 0 Å². The molecule has 2 nitrogen and oxygen atoms in total. The van der Waals surface area contributed by atoms with Crippen molar-refractivity contribution in [1.82, 2.24) is 0 Å². The first kappa shape index (κ1) is 18.8. The van der Waals surface area contributed by atoms with Crippen LogP contribution in [0.25, 0.3) is 0 Å². The highest BCUT2D eigenvalue weighted by Gasteiger charge is 1.92. The van der Waals surface area contributed by atoms with E-state index in [1.165, 1.54) is 0 Å². The molecule has 0 aliphatic rings. The third-order valence-corrected chi connectivity index (χ3v) is 1.61. The van der Waals surface area contributed by atoms with Crippen LogP contribution < -0.4 is 4.74 Å². The van der Waals surface area contributed by atoms with Crippen molar-refractivity contribution in [3.05, 3.63) is 42.6 Å². The first-order valence-corrected chi connectivity index (χ1v) is 6.75. The van der Waals surface area contributed by atoms with Gasteiger partial charge >= 0.3 is 0 Å². The van der Waals surface area contributed by atoms with Gasteiger partial charge in [0.25, 0.3) is 0 Å². The summed E-state index contributed by atoms with van der Waals surface area (Å²) in [6.45, 7) is 11.9. The van der Waals surface area contributed by atoms with E-state index >= 15 is 0 Å². The minimum Gasteiger partial charge on any atom is -0.443 e. The van der Waals surface area contributed by atoms with Crippen LogP contribution in [0.3, 0.4) is 0 Å². The van der Waals surface area contributed by atoms with Gasteiger partial charge in [0.2, 0.25) is 0 Å². The van der Waals surface area contributed by atoms with Crippen LogP contribution in [0.4, 0.5) is 0 Å². The van der Waals surface area contributed by atoms with Crippen LogP contribution in [0.1, 0.15) is 48.0 Å². The Hall–Kier alpha value is -1.57. The monoisotopic (exact) mass is 249 g/mol. The molecule has 0 atom stereocenters. The summed E-state index contributed by atoms with van der Waals surface area (Å²) in [5.41, 5.74) is 0. The first-order valence-electron chi connectivity index (χ1n) is 6.75. The van der Waals surface area contributed by atoms with E-state index in [4.69, 9.17) is 4.74 Å². The van der Waals surface area contributed by atoms with Crippen molar-refractivity contribution in [2.24, 2.45) is 4.99 Å². The van der Waals surface area contributed by atoms with Crippen LogP contribution >= 0.6 is 0 Å². The molecule has 0 fully saturated rings. The predicted octanol–water partition coefficient (Wildman–Crippen LogP) is 5.46. The SMILES string of the molecule is CC.CC.CC/C=C\N=C(C)Oc1ccccc1. The molecule has 1 rings (SSSR count). The van der Waals surface area contributed by atoms with Crippen molar-refractivity contribution >= 4 is 5.90 Å². The lowest BCUT2D eigenvalue weighted by atomic mass is 10.3. The Bertz CT molecular complexity index is 315. The van der Waals surface area contributed by atoms with Crippen molar-refractivity contribution in [1.29, 1.82) is 0 Å². The van der Waals surface area contributed by atoms with Gasteiger partial charge < -0.3 is 4.74 Å². The molecule has 102 valence electrons. The highest BCUT2D eigenvalue weighted by atomic mass is 16.5. The molecule has 0 aliphatic heterocycles. The molecule has 0 heterocycles. The third-order valence-electron chi connectivity index (χ3n) is 1.61. The zero-order valence-electron chi connectivity index (χ0n) is 12.6. The van der Waals surface area contributed by atoms with E-state index in [1.807, 2.05) is 71.0 Å². The maximum absolute atomic E-state index is 5.46. The van der Waals surface area contributed by atoms with Gasteiger partial charge in [0, 0.05) is 13.1 Å². The molecule has 0 unspecified atom stereocenters. The van der Waals surface area contributed by atoms with Gasteiger partial charge in [0.1, 0.15) is 5.75 Å². The molecule has 1 aromatic carbocycles. The summed E-state index contributed by atoms with van der Waals surface area (Å²) in [5, 5.41) is 0. The minimum absolute atomic E-state index is 0.654. The van der Waals surface area contributed by atoms with Crippen LogP contribution in [0.15, 0.2) is 47.6 Å². The Morgan fingerprint density at radius 3 is 2.17 bits per heavy atom. The molecule has 1 aromatic rings. The number of benzene rings is 1. The molecule has 0 aromatic heterocycles. The largest absolute Gasteiger partial charge is 0.443 e. The normalized spacial score (nSPS) is 10.0. The van der Waals surface area contributed by atoms with Crippen molar-refractivity contribution in [3.8, 4) is 5.75 Å². The fourth-order valence-electron chi connectivity index (χ4n) is 0.949. The Morgan fingerprint density at radius 2 is 1.67 bits per heavy atom. The zero-order valence-corrected chi connectivity index (χ0v) is 12.6. The highest BCUT2D eigenvalue weighted by Crippen LogP contribution is 2.08. The molecule has 2 heteroatoms. The van der Waals surface area contributed by atoms with Crippen molar-refractivity contribution in [3.63, 3.8) is 0 Å². The number of para-hydroxylation sites is 1. The molecule has 0 saturated carbocycles. The van der Waals surface area contributed by atoms with Gasteiger partial charge in [-0.25, -0.2) is 4.99 Å². The number of allylic oxidation sites excluding steroid dienone is 1. The Labute approximate surface area is 112 Å². The van der Waals surface area contributed by atoms with Crippen molar-refractivity contribution in [2.45, 2.75) is 48.0 Å². The summed E-state index contributed by atoms with van der Waals surface area (Å²) >= 11 is 0. The summed E-state index contributed by atoms with van der Waals surface area (Å²) < 4.78 is 5.46. The molecule has 0 radical (unpaired) electrons. The summed E-state index contributed by atoms with van der Waals surface area (Å²) in [7, 11) is 0. The molecule has 0 amide bonds. The maximum Gasteiger partial charge on any atom is 0.191 e. The van der Waals surface area contributed by atoms with E-state index in [-0.39, 0.29) is 0 Å². The number of aliphatic imine (C=N–C) groups is 1. The molecule has 0 aliphatic carbocycles. The second-order valence-corrected chi connectivity index (χ2v) is 2.86. The first-order chi connectivity index (χ1) is 8.83. The Morgan fingerprint density at radius 1 is 1.11 bits per heavy atom. The molecule has 0 spiro atoms.